The molecule has 17 heavy (non-hydrogen) atoms. The average Bonchev–Trinajstić information content (AvgIpc) is 2.74. The second-order valence-electron chi connectivity index (χ2n) is 3.82. The van der Waals surface area contributed by atoms with E-state index in [0.29, 0.717) is 5.75 Å². The topological polar surface area (TPSA) is 41.6 Å². The van der Waals surface area contributed by atoms with Gasteiger partial charge in [-0.25, -0.2) is 4.98 Å². The van der Waals surface area contributed by atoms with Crippen LogP contribution in [0.2, 0.25) is 0 Å². The number of hydrogen-bond acceptors (Lipinski definition) is 3. The van der Waals surface area contributed by atoms with Crippen LogP contribution < -0.4 is 0 Å². The van der Waals surface area contributed by atoms with E-state index in [1.54, 1.807) is 6.20 Å². The third kappa shape index (κ3) is 2.51. The lowest BCUT2D eigenvalue weighted by atomic mass is 10.1. The van der Waals surface area contributed by atoms with Crippen molar-refractivity contribution in [2.45, 2.75) is 19.0 Å². The first-order chi connectivity index (χ1) is 8.22. The molecular weight excluding hydrogens is 230 g/mol. The van der Waals surface area contributed by atoms with Crippen LogP contribution in [0.15, 0.2) is 35.7 Å². The number of nitriles is 1. The molecule has 0 atom stereocenters. The van der Waals surface area contributed by atoms with Crippen LogP contribution in [0.25, 0.3) is 5.69 Å². The van der Waals surface area contributed by atoms with Crippen molar-refractivity contribution in [1.29, 1.82) is 5.26 Å². The lowest BCUT2D eigenvalue weighted by Crippen LogP contribution is -1.98. The van der Waals surface area contributed by atoms with E-state index in [4.69, 9.17) is 5.26 Å². The van der Waals surface area contributed by atoms with E-state index in [2.05, 4.69) is 43.1 Å². The molecule has 2 rings (SSSR count). The minimum atomic E-state index is 0.419. The molecule has 0 bridgehead atoms. The molecule has 1 heterocycles. The van der Waals surface area contributed by atoms with Gasteiger partial charge in [0.1, 0.15) is 0 Å². The van der Waals surface area contributed by atoms with E-state index in [1.165, 1.54) is 22.9 Å². The zero-order chi connectivity index (χ0) is 12.3. The molecule has 4 heteroatoms. The Labute approximate surface area is 105 Å². The molecule has 2 aromatic rings. The number of aromatic nitrogens is 2. The number of aryl methyl sites for hydroxylation is 2. The second kappa shape index (κ2) is 5.07. The Hall–Kier alpha value is -1.73. The van der Waals surface area contributed by atoms with E-state index in [-0.39, 0.29) is 0 Å². The maximum Gasteiger partial charge on any atom is 0.173 e. The Kier molecular flexibility index (Phi) is 3.50. The monoisotopic (exact) mass is 243 g/mol. The summed E-state index contributed by atoms with van der Waals surface area (Å²) in [6, 6.07) is 8.44. The summed E-state index contributed by atoms with van der Waals surface area (Å²) in [6.07, 6.45) is 3.69. The van der Waals surface area contributed by atoms with Gasteiger partial charge in [0.2, 0.25) is 0 Å². The first-order valence-corrected chi connectivity index (χ1v) is 6.31. The minimum absolute atomic E-state index is 0.419. The van der Waals surface area contributed by atoms with Gasteiger partial charge in [-0.2, -0.15) is 5.26 Å². The highest BCUT2D eigenvalue weighted by Gasteiger charge is 2.07. The standard InChI is InChI=1S/C13H13N3S/c1-10-3-4-12(11(2)9-10)16-7-6-15-13(16)17-8-5-14/h3-4,6-7,9H,8H2,1-2H3. The smallest absolute Gasteiger partial charge is 0.173 e. The molecular formula is C13H13N3S. The van der Waals surface area contributed by atoms with Gasteiger partial charge in [-0.3, -0.25) is 4.57 Å². The summed E-state index contributed by atoms with van der Waals surface area (Å²) in [4.78, 5) is 4.27. The van der Waals surface area contributed by atoms with Crippen LogP contribution >= 0.6 is 11.8 Å². The maximum atomic E-state index is 8.61. The largest absolute Gasteiger partial charge is 0.295 e. The third-order valence-corrected chi connectivity index (χ3v) is 3.32. The number of thioether (sulfide) groups is 1. The van der Waals surface area contributed by atoms with Crippen molar-refractivity contribution in [3.63, 3.8) is 0 Å². The SMILES string of the molecule is Cc1ccc(-n2ccnc2SCC#N)c(C)c1. The van der Waals surface area contributed by atoms with Gasteiger partial charge < -0.3 is 0 Å². The van der Waals surface area contributed by atoms with Gasteiger partial charge in [-0.1, -0.05) is 29.5 Å². The fraction of sp³-hybridized carbons (Fsp3) is 0.231. The average molecular weight is 243 g/mol. The lowest BCUT2D eigenvalue weighted by molar-refractivity contribution is 0.888. The van der Waals surface area contributed by atoms with Gasteiger partial charge >= 0.3 is 0 Å². The normalized spacial score (nSPS) is 10.2. The summed E-state index contributed by atoms with van der Waals surface area (Å²) in [5.41, 5.74) is 3.58. The van der Waals surface area contributed by atoms with Gasteiger partial charge in [0.05, 0.1) is 17.5 Å². The van der Waals surface area contributed by atoms with Crippen molar-refractivity contribution in [2.75, 3.05) is 5.75 Å². The van der Waals surface area contributed by atoms with Crippen LogP contribution in [0.4, 0.5) is 0 Å². The summed E-state index contributed by atoms with van der Waals surface area (Å²) in [5, 5.41) is 9.47. The van der Waals surface area contributed by atoms with Gasteiger partial charge in [0, 0.05) is 12.4 Å². The molecule has 86 valence electrons. The van der Waals surface area contributed by atoms with Crippen molar-refractivity contribution in [2.24, 2.45) is 0 Å². The fourth-order valence-corrected chi connectivity index (χ4v) is 2.38. The molecule has 0 saturated carbocycles. The van der Waals surface area contributed by atoms with E-state index >= 15 is 0 Å². The minimum Gasteiger partial charge on any atom is -0.295 e. The second-order valence-corrected chi connectivity index (χ2v) is 4.76. The maximum absolute atomic E-state index is 8.61. The van der Waals surface area contributed by atoms with E-state index in [9.17, 15) is 0 Å². The molecule has 1 aromatic heterocycles. The Morgan fingerprint density at radius 1 is 1.41 bits per heavy atom. The highest BCUT2D eigenvalue weighted by molar-refractivity contribution is 7.99. The van der Waals surface area contributed by atoms with Crippen molar-refractivity contribution < 1.29 is 0 Å². The highest BCUT2D eigenvalue weighted by Crippen LogP contribution is 2.22. The van der Waals surface area contributed by atoms with Gasteiger partial charge in [-0.05, 0) is 25.5 Å². The summed E-state index contributed by atoms with van der Waals surface area (Å²) in [5.74, 6) is 0.419. The summed E-state index contributed by atoms with van der Waals surface area (Å²) in [7, 11) is 0. The predicted octanol–water partition coefficient (Wildman–Crippen LogP) is 3.10. The molecule has 0 spiro atoms. The first kappa shape index (κ1) is 11.7. The van der Waals surface area contributed by atoms with Crippen molar-refractivity contribution >= 4 is 11.8 Å². The molecule has 0 saturated heterocycles. The summed E-state index contributed by atoms with van der Waals surface area (Å²) >= 11 is 1.45. The zero-order valence-electron chi connectivity index (χ0n) is 9.84. The molecule has 3 nitrogen and oxygen atoms in total. The molecule has 0 N–H and O–H groups in total. The molecule has 1 aromatic carbocycles. The molecule has 0 amide bonds. The summed E-state index contributed by atoms with van der Waals surface area (Å²) in [6.45, 7) is 4.16. The Morgan fingerprint density at radius 3 is 2.94 bits per heavy atom. The Bertz CT molecular complexity index is 566. The van der Waals surface area contributed by atoms with Gasteiger partial charge in [0.25, 0.3) is 0 Å². The van der Waals surface area contributed by atoms with Crippen LogP contribution in [0.1, 0.15) is 11.1 Å². The van der Waals surface area contributed by atoms with Crippen LogP contribution in [0.3, 0.4) is 0 Å². The fourth-order valence-electron chi connectivity index (χ4n) is 1.75. The van der Waals surface area contributed by atoms with Gasteiger partial charge in [0.15, 0.2) is 5.16 Å². The lowest BCUT2D eigenvalue weighted by Gasteiger charge is -2.10. The molecule has 0 aliphatic rings. The molecule has 0 radical (unpaired) electrons. The zero-order valence-corrected chi connectivity index (χ0v) is 10.7. The van der Waals surface area contributed by atoms with Gasteiger partial charge in [-0.15, -0.1) is 0 Å². The molecule has 0 aliphatic carbocycles. The molecule has 0 unspecified atom stereocenters. The van der Waals surface area contributed by atoms with Crippen LogP contribution in [0.5, 0.6) is 0 Å². The van der Waals surface area contributed by atoms with Crippen LogP contribution in [-0.4, -0.2) is 15.3 Å². The van der Waals surface area contributed by atoms with Crippen molar-refractivity contribution in [1.82, 2.24) is 9.55 Å². The number of benzene rings is 1. The van der Waals surface area contributed by atoms with Crippen molar-refractivity contribution in [3.05, 3.63) is 41.7 Å². The first-order valence-electron chi connectivity index (χ1n) is 5.33. The van der Waals surface area contributed by atoms with Crippen molar-refractivity contribution in [3.8, 4) is 11.8 Å². The van der Waals surface area contributed by atoms with E-state index in [1.807, 2.05) is 10.8 Å². The predicted molar refractivity (Wildman–Crippen MR) is 69.4 cm³/mol. The summed E-state index contributed by atoms with van der Waals surface area (Å²) < 4.78 is 2.02. The number of imidazole rings is 1. The van der Waals surface area contributed by atoms with Crippen LogP contribution in [-0.2, 0) is 0 Å². The molecule has 0 fully saturated rings. The number of nitrogens with zero attached hydrogens (tertiary/aromatic N) is 3. The highest BCUT2D eigenvalue weighted by atomic mass is 32.2. The van der Waals surface area contributed by atoms with E-state index in [0.717, 1.165) is 10.8 Å². The van der Waals surface area contributed by atoms with E-state index < -0.39 is 0 Å². The quantitative estimate of drug-likeness (QED) is 0.778. The number of hydrogen-bond donors (Lipinski definition) is 0. The Balaban J connectivity index is 2.40. The molecule has 0 aliphatic heterocycles. The Morgan fingerprint density at radius 2 is 2.24 bits per heavy atom. The number of rotatable bonds is 3. The van der Waals surface area contributed by atoms with Crippen LogP contribution in [0, 0.1) is 25.2 Å². The third-order valence-electron chi connectivity index (χ3n) is 2.48.